The summed E-state index contributed by atoms with van der Waals surface area (Å²) in [7, 11) is 3.99. The summed E-state index contributed by atoms with van der Waals surface area (Å²) in [6, 6.07) is 15.2. The fraction of sp³-hybridized carbons (Fsp3) is 0.286. The summed E-state index contributed by atoms with van der Waals surface area (Å²) in [5.74, 6) is 2.39. The van der Waals surface area contributed by atoms with Crippen molar-refractivity contribution in [3.05, 3.63) is 71.4 Å². The number of nitrogens with one attached hydrogen (secondary N) is 1. The van der Waals surface area contributed by atoms with Crippen LogP contribution in [0.5, 0.6) is 5.75 Å². The molecule has 0 aliphatic rings. The largest absolute Gasteiger partial charge is 0.490 e. The third kappa shape index (κ3) is 5.61. The number of nitrogens with zero attached hydrogens (tertiary/aromatic N) is 9. The van der Waals surface area contributed by atoms with E-state index < -0.39 is 0 Å². The molecule has 204 valence electrons. The van der Waals surface area contributed by atoms with Crippen molar-refractivity contribution in [1.29, 1.82) is 5.26 Å². The van der Waals surface area contributed by atoms with Crippen molar-refractivity contribution >= 4 is 22.5 Å². The SMILES string of the molecule is Cc1ccc(Nc2cc3ncn(-c4ccc(CCO)c(-n5nc(C#N)cc5C)n4)c3cc2OCCN(C)C)nn1. The van der Waals surface area contributed by atoms with E-state index in [0.717, 1.165) is 40.2 Å². The third-order valence-electron chi connectivity index (χ3n) is 6.28. The summed E-state index contributed by atoms with van der Waals surface area (Å²) in [5, 5.41) is 35.0. The first-order chi connectivity index (χ1) is 19.4. The molecule has 12 nitrogen and oxygen atoms in total. The maximum absolute atomic E-state index is 9.63. The molecule has 5 rings (SSSR count). The number of fused-ring (bicyclic) bond motifs is 1. The Morgan fingerprint density at radius 3 is 2.65 bits per heavy atom. The number of hydrogen-bond acceptors (Lipinski definition) is 10. The van der Waals surface area contributed by atoms with Gasteiger partial charge in [0.25, 0.3) is 0 Å². The Bertz CT molecular complexity index is 1680. The summed E-state index contributed by atoms with van der Waals surface area (Å²) in [6.45, 7) is 4.94. The van der Waals surface area contributed by atoms with E-state index in [1.165, 1.54) is 0 Å². The summed E-state index contributed by atoms with van der Waals surface area (Å²) >= 11 is 0. The van der Waals surface area contributed by atoms with Crippen molar-refractivity contribution in [2.75, 3.05) is 39.2 Å². The normalized spacial score (nSPS) is 11.2. The monoisotopic (exact) mass is 538 g/mol. The highest BCUT2D eigenvalue weighted by Gasteiger charge is 2.17. The Morgan fingerprint density at radius 2 is 1.95 bits per heavy atom. The molecule has 5 aromatic rings. The quantitative estimate of drug-likeness (QED) is 0.272. The highest BCUT2D eigenvalue weighted by Crippen LogP contribution is 2.33. The molecule has 0 fully saturated rings. The van der Waals surface area contributed by atoms with Crippen LogP contribution in [0, 0.1) is 25.2 Å². The van der Waals surface area contributed by atoms with Gasteiger partial charge in [-0.2, -0.15) is 15.5 Å². The van der Waals surface area contributed by atoms with Crippen LogP contribution in [0.25, 0.3) is 22.7 Å². The van der Waals surface area contributed by atoms with Crippen molar-refractivity contribution in [3.63, 3.8) is 0 Å². The molecular weight excluding hydrogens is 508 g/mol. The van der Waals surface area contributed by atoms with Crippen LogP contribution in [0.15, 0.2) is 48.8 Å². The lowest BCUT2D eigenvalue weighted by atomic mass is 10.2. The average Bonchev–Trinajstić information content (AvgIpc) is 3.53. The zero-order valence-corrected chi connectivity index (χ0v) is 22.8. The zero-order valence-electron chi connectivity index (χ0n) is 22.8. The van der Waals surface area contributed by atoms with Gasteiger partial charge in [0.05, 0.1) is 22.4 Å². The van der Waals surface area contributed by atoms with E-state index in [0.29, 0.717) is 41.9 Å². The second-order valence-electron chi connectivity index (χ2n) is 9.61. The van der Waals surface area contributed by atoms with Gasteiger partial charge in [0.2, 0.25) is 0 Å². The molecule has 40 heavy (non-hydrogen) atoms. The van der Waals surface area contributed by atoms with Gasteiger partial charge in [0.15, 0.2) is 17.3 Å². The van der Waals surface area contributed by atoms with Crippen molar-refractivity contribution in [2.24, 2.45) is 0 Å². The van der Waals surface area contributed by atoms with Gasteiger partial charge in [-0.3, -0.25) is 4.57 Å². The van der Waals surface area contributed by atoms with Crippen molar-refractivity contribution < 1.29 is 9.84 Å². The molecular formula is C28H30N10O2. The molecule has 0 unspecified atom stereocenters. The van der Waals surface area contributed by atoms with E-state index in [2.05, 4.69) is 36.6 Å². The van der Waals surface area contributed by atoms with Gasteiger partial charge in [-0.05, 0) is 70.3 Å². The number of hydrogen-bond donors (Lipinski definition) is 2. The number of rotatable bonds is 10. The Balaban J connectivity index is 1.59. The van der Waals surface area contributed by atoms with Gasteiger partial charge in [0, 0.05) is 24.9 Å². The second kappa shape index (κ2) is 11.5. The van der Waals surface area contributed by atoms with Crippen LogP contribution in [0.4, 0.5) is 11.5 Å². The van der Waals surface area contributed by atoms with E-state index in [4.69, 9.17) is 9.72 Å². The molecule has 2 N–H and O–H groups in total. The zero-order chi connectivity index (χ0) is 28.2. The predicted molar refractivity (Wildman–Crippen MR) is 150 cm³/mol. The minimum atomic E-state index is -0.0394. The molecule has 0 bridgehead atoms. The summed E-state index contributed by atoms with van der Waals surface area (Å²) in [5.41, 5.74) is 4.94. The number of aliphatic hydroxyl groups is 1. The van der Waals surface area contributed by atoms with Crippen molar-refractivity contribution in [3.8, 4) is 23.5 Å². The third-order valence-corrected chi connectivity index (χ3v) is 6.28. The molecule has 0 aliphatic heterocycles. The first-order valence-electron chi connectivity index (χ1n) is 12.8. The van der Waals surface area contributed by atoms with Crippen LogP contribution in [0.3, 0.4) is 0 Å². The maximum atomic E-state index is 9.63. The summed E-state index contributed by atoms with van der Waals surface area (Å²) in [6.07, 6.45) is 2.10. The molecule has 12 heteroatoms. The number of ether oxygens (including phenoxy) is 1. The van der Waals surface area contributed by atoms with Crippen LogP contribution >= 0.6 is 0 Å². The number of aryl methyl sites for hydroxylation is 2. The first kappa shape index (κ1) is 26.7. The number of likely N-dealkylation sites (N-methyl/N-ethyl adjacent to an activating group) is 1. The van der Waals surface area contributed by atoms with Gasteiger partial charge in [-0.15, -0.1) is 5.10 Å². The fourth-order valence-corrected chi connectivity index (χ4v) is 4.22. The van der Waals surface area contributed by atoms with Crippen LogP contribution in [-0.4, -0.2) is 78.4 Å². The molecule has 0 saturated heterocycles. The first-order valence-corrected chi connectivity index (χ1v) is 12.8. The number of imidazole rings is 1. The lowest BCUT2D eigenvalue weighted by Gasteiger charge is -2.16. The highest BCUT2D eigenvalue weighted by atomic mass is 16.5. The average molecular weight is 539 g/mol. The number of anilines is 2. The lowest BCUT2D eigenvalue weighted by molar-refractivity contribution is 0.262. The van der Waals surface area contributed by atoms with Crippen LogP contribution in [-0.2, 0) is 6.42 Å². The Kier molecular flexibility index (Phi) is 7.68. The summed E-state index contributed by atoms with van der Waals surface area (Å²) in [4.78, 5) is 11.6. The number of pyridine rings is 1. The predicted octanol–water partition coefficient (Wildman–Crippen LogP) is 3.10. The van der Waals surface area contributed by atoms with Crippen LogP contribution in [0.2, 0.25) is 0 Å². The molecule has 0 aliphatic carbocycles. The number of aliphatic hydroxyl groups excluding tert-OH is 1. The van der Waals surface area contributed by atoms with Crippen molar-refractivity contribution in [1.82, 2.24) is 39.4 Å². The van der Waals surface area contributed by atoms with Gasteiger partial charge < -0.3 is 20.1 Å². The molecule has 1 aromatic carbocycles. The highest BCUT2D eigenvalue weighted by molar-refractivity contribution is 5.86. The molecule has 0 radical (unpaired) electrons. The van der Waals surface area contributed by atoms with Gasteiger partial charge >= 0.3 is 0 Å². The maximum Gasteiger partial charge on any atom is 0.163 e. The van der Waals surface area contributed by atoms with E-state index in [1.54, 1.807) is 17.1 Å². The minimum absolute atomic E-state index is 0.0394. The van der Waals surface area contributed by atoms with E-state index in [9.17, 15) is 10.4 Å². The van der Waals surface area contributed by atoms with Gasteiger partial charge in [0.1, 0.15) is 30.6 Å². The minimum Gasteiger partial charge on any atom is -0.490 e. The number of aromatic nitrogens is 7. The fourth-order valence-electron chi connectivity index (χ4n) is 4.22. The Labute approximate surface area is 231 Å². The number of nitriles is 1. The van der Waals surface area contributed by atoms with E-state index in [1.807, 2.05) is 68.9 Å². The molecule has 0 spiro atoms. The van der Waals surface area contributed by atoms with Crippen molar-refractivity contribution in [2.45, 2.75) is 20.3 Å². The lowest BCUT2D eigenvalue weighted by Crippen LogP contribution is -2.19. The molecule has 0 amide bonds. The molecule has 4 heterocycles. The molecule has 0 atom stereocenters. The Hall–Kier alpha value is -4.86. The van der Waals surface area contributed by atoms with Crippen LogP contribution in [0.1, 0.15) is 22.6 Å². The van der Waals surface area contributed by atoms with E-state index in [-0.39, 0.29) is 6.61 Å². The summed E-state index contributed by atoms with van der Waals surface area (Å²) < 4.78 is 9.71. The van der Waals surface area contributed by atoms with Gasteiger partial charge in [-0.1, -0.05) is 6.07 Å². The number of benzene rings is 1. The van der Waals surface area contributed by atoms with E-state index >= 15 is 0 Å². The smallest absolute Gasteiger partial charge is 0.163 e. The standard InChI is InChI=1S/C28H30N10O2/c1-18-5-7-26(34-33-18)31-23-14-22-24(15-25(23)40-12-10-36(3)4)37(17-30-22)27-8-6-20(9-11-39)28(32-27)38-19(2)13-21(16-29)35-38/h5-8,13-15,17,39H,9-12H2,1-4H3,(H,31,34). The van der Waals surface area contributed by atoms with Crippen LogP contribution < -0.4 is 10.1 Å². The molecule has 4 aromatic heterocycles. The van der Waals surface area contributed by atoms with Gasteiger partial charge in [-0.25, -0.2) is 14.6 Å². The molecule has 0 saturated carbocycles. The topological polar surface area (TPSA) is 143 Å². The Morgan fingerprint density at radius 1 is 1.10 bits per heavy atom. The second-order valence-corrected chi connectivity index (χ2v) is 9.61.